The van der Waals surface area contributed by atoms with Crippen molar-refractivity contribution in [3.05, 3.63) is 35.4 Å². The van der Waals surface area contributed by atoms with Gasteiger partial charge in [0.25, 0.3) is 0 Å². The zero-order valence-corrected chi connectivity index (χ0v) is 12.5. The third-order valence-electron chi connectivity index (χ3n) is 3.84. The van der Waals surface area contributed by atoms with E-state index in [9.17, 15) is 9.90 Å². The molecule has 0 aliphatic carbocycles. The Hall–Kier alpha value is -1.43. The zero-order valence-electron chi connectivity index (χ0n) is 12.5. The second-order valence-corrected chi connectivity index (χ2v) is 5.44. The van der Waals surface area contributed by atoms with Gasteiger partial charge in [-0.25, -0.2) is 4.79 Å². The number of aliphatic hydroxyl groups excluding tert-OH is 1. The molecule has 1 aliphatic rings. The summed E-state index contributed by atoms with van der Waals surface area (Å²) in [4.78, 5) is 13.7. The number of ether oxygens (including phenoxy) is 1. The fourth-order valence-electron chi connectivity index (χ4n) is 2.72. The molecule has 2 rings (SSSR count). The Bertz CT molecular complexity index is 441. The predicted octanol–water partition coefficient (Wildman–Crippen LogP) is 1.02. The van der Waals surface area contributed by atoms with Crippen molar-refractivity contribution < 1.29 is 14.6 Å². The van der Waals surface area contributed by atoms with Crippen molar-refractivity contribution in [1.29, 1.82) is 0 Å². The van der Waals surface area contributed by atoms with Crippen LogP contribution in [0.15, 0.2) is 24.3 Å². The van der Waals surface area contributed by atoms with E-state index in [2.05, 4.69) is 10.2 Å². The number of methoxy groups -OCH3 is 1. The smallest absolute Gasteiger partial charge is 0.337 e. The summed E-state index contributed by atoms with van der Waals surface area (Å²) in [6, 6.07) is 7.97. The van der Waals surface area contributed by atoms with Crippen LogP contribution in [-0.4, -0.2) is 55.4 Å². The molecule has 1 heterocycles. The highest BCUT2D eigenvalue weighted by molar-refractivity contribution is 5.89. The maximum Gasteiger partial charge on any atom is 0.337 e. The summed E-state index contributed by atoms with van der Waals surface area (Å²) in [5, 5.41) is 12.7. The highest BCUT2D eigenvalue weighted by atomic mass is 16.5. The van der Waals surface area contributed by atoms with Crippen LogP contribution in [0.3, 0.4) is 0 Å². The average molecular weight is 292 g/mol. The highest BCUT2D eigenvalue weighted by Crippen LogP contribution is 2.12. The molecule has 0 bridgehead atoms. The lowest BCUT2D eigenvalue weighted by molar-refractivity contribution is 0.0600. The Labute approximate surface area is 125 Å². The zero-order chi connectivity index (χ0) is 15.1. The van der Waals surface area contributed by atoms with Gasteiger partial charge in [0.05, 0.1) is 19.3 Å². The van der Waals surface area contributed by atoms with Crippen molar-refractivity contribution >= 4 is 5.97 Å². The molecule has 1 aromatic carbocycles. The molecule has 1 aliphatic heterocycles. The van der Waals surface area contributed by atoms with Crippen LogP contribution in [-0.2, 0) is 11.3 Å². The van der Waals surface area contributed by atoms with Crippen LogP contribution in [0.2, 0.25) is 0 Å². The van der Waals surface area contributed by atoms with E-state index in [0.717, 1.165) is 25.2 Å². The average Bonchev–Trinajstić information content (AvgIpc) is 3.00. The molecule has 0 radical (unpaired) electrons. The molecule has 2 N–H and O–H groups in total. The van der Waals surface area contributed by atoms with Crippen molar-refractivity contribution in [3.63, 3.8) is 0 Å². The molecule has 5 heteroatoms. The number of nitrogens with one attached hydrogen (secondary N) is 1. The maximum absolute atomic E-state index is 11.4. The Morgan fingerprint density at radius 1 is 1.43 bits per heavy atom. The van der Waals surface area contributed by atoms with Gasteiger partial charge in [-0.1, -0.05) is 12.1 Å². The minimum absolute atomic E-state index is 0.160. The van der Waals surface area contributed by atoms with Gasteiger partial charge in [-0.05, 0) is 37.1 Å². The standard InChI is InChI=1S/C16H24N2O3/c1-21-16(20)14-6-4-13(5-7-14)11-18(9-10-19)12-15-3-2-8-17-15/h4-7,15,17,19H,2-3,8-12H2,1H3. The van der Waals surface area contributed by atoms with Gasteiger partial charge in [-0.2, -0.15) is 0 Å². The molecule has 0 spiro atoms. The quantitative estimate of drug-likeness (QED) is 0.735. The summed E-state index contributed by atoms with van der Waals surface area (Å²) in [5.74, 6) is -0.316. The van der Waals surface area contributed by atoms with E-state index in [1.54, 1.807) is 12.1 Å². The van der Waals surface area contributed by atoms with Crippen LogP contribution >= 0.6 is 0 Å². The molecule has 0 aromatic heterocycles. The van der Waals surface area contributed by atoms with Crippen molar-refractivity contribution in [2.45, 2.75) is 25.4 Å². The minimum Gasteiger partial charge on any atom is -0.465 e. The number of carbonyl (C=O) groups excluding carboxylic acids is 1. The molecule has 1 aromatic rings. The van der Waals surface area contributed by atoms with Crippen LogP contribution in [0.5, 0.6) is 0 Å². The Kier molecular flexibility index (Phi) is 6.17. The van der Waals surface area contributed by atoms with E-state index in [1.165, 1.54) is 20.0 Å². The van der Waals surface area contributed by atoms with Gasteiger partial charge >= 0.3 is 5.97 Å². The van der Waals surface area contributed by atoms with Gasteiger partial charge in [-0.3, -0.25) is 4.90 Å². The van der Waals surface area contributed by atoms with Crippen LogP contribution in [0, 0.1) is 0 Å². The van der Waals surface area contributed by atoms with E-state index in [1.807, 2.05) is 12.1 Å². The second-order valence-electron chi connectivity index (χ2n) is 5.44. The number of benzene rings is 1. The van der Waals surface area contributed by atoms with Gasteiger partial charge in [0.1, 0.15) is 0 Å². The third-order valence-corrected chi connectivity index (χ3v) is 3.84. The third kappa shape index (κ3) is 4.81. The molecule has 1 atom stereocenters. The normalized spacial score (nSPS) is 18.1. The van der Waals surface area contributed by atoms with Crippen molar-refractivity contribution in [2.24, 2.45) is 0 Å². The predicted molar refractivity (Wildman–Crippen MR) is 81.2 cm³/mol. The van der Waals surface area contributed by atoms with E-state index in [-0.39, 0.29) is 12.6 Å². The van der Waals surface area contributed by atoms with Crippen molar-refractivity contribution in [2.75, 3.05) is 33.4 Å². The first-order valence-electron chi connectivity index (χ1n) is 7.47. The van der Waals surface area contributed by atoms with E-state index in [4.69, 9.17) is 4.74 Å². The van der Waals surface area contributed by atoms with Crippen molar-refractivity contribution in [1.82, 2.24) is 10.2 Å². The Morgan fingerprint density at radius 2 is 2.19 bits per heavy atom. The Morgan fingerprint density at radius 3 is 2.76 bits per heavy atom. The lowest BCUT2D eigenvalue weighted by Gasteiger charge is -2.25. The van der Waals surface area contributed by atoms with Gasteiger partial charge in [0.2, 0.25) is 0 Å². The van der Waals surface area contributed by atoms with Gasteiger partial charge in [0.15, 0.2) is 0 Å². The molecule has 21 heavy (non-hydrogen) atoms. The summed E-state index contributed by atoms with van der Waals surface area (Å²) < 4.78 is 4.69. The minimum atomic E-state index is -0.316. The highest BCUT2D eigenvalue weighted by Gasteiger charge is 2.17. The molecular weight excluding hydrogens is 268 g/mol. The number of rotatable bonds is 7. The fraction of sp³-hybridized carbons (Fsp3) is 0.562. The number of aliphatic hydroxyl groups is 1. The first-order valence-corrected chi connectivity index (χ1v) is 7.47. The second kappa shape index (κ2) is 8.12. The first-order chi connectivity index (χ1) is 10.2. The topological polar surface area (TPSA) is 61.8 Å². The number of hydrogen-bond acceptors (Lipinski definition) is 5. The molecule has 1 saturated heterocycles. The molecular formula is C16H24N2O3. The largest absolute Gasteiger partial charge is 0.465 e. The van der Waals surface area contributed by atoms with Crippen LogP contribution in [0.25, 0.3) is 0 Å². The molecule has 1 fully saturated rings. The Balaban J connectivity index is 1.93. The molecule has 116 valence electrons. The van der Waals surface area contributed by atoms with Gasteiger partial charge in [0, 0.05) is 25.7 Å². The summed E-state index contributed by atoms with van der Waals surface area (Å²) in [6.07, 6.45) is 2.43. The summed E-state index contributed by atoms with van der Waals surface area (Å²) in [5.41, 5.74) is 1.70. The lowest BCUT2D eigenvalue weighted by atomic mass is 10.1. The van der Waals surface area contributed by atoms with Gasteiger partial charge in [-0.15, -0.1) is 0 Å². The lowest BCUT2D eigenvalue weighted by Crippen LogP contribution is -2.38. The molecule has 0 amide bonds. The van der Waals surface area contributed by atoms with Crippen LogP contribution in [0.1, 0.15) is 28.8 Å². The van der Waals surface area contributed by atoms with E-state index in [0.29, 0.717) is 18.2 Å². The molecule has 0 saturated carbocycles. The summed E-state index contributed by atoms with van der Waals surface area (Å²) in [6.45, 7) is 3.63. The SMILES string of the molecule is COC(=O)c1ccc(CN(CCO)CC2CCCN2)cc1. The van der Waals surface area contributed by atoms with E-state index < -0.39 is 0 Å². The number of esters is 1. The fourth-order valence-corrected chi connectivity index (χ4v) is 2.72. The van der Waals surface area contributed by atoms with Crippen LogP contribution < -0.4 is 5.32 Å². The van der Waals surface area contributed by atoms with Gasteiger partial charge < -0.3 is 15.2 Å². The van der Waals surface area contributed by atoms with Crippen molar-refractivity contribution in [3.8, 4) is 0 Å². The molecule has 5 nitrogen and oxygen atoms in total. The molecule has 1 unspecified atom stereocenters. The monoisotopic (exact) mass is 292 g/mol. The number of nitrogens with zero attached hydrogens (tertiary/aromatic N) is 1. The van der Waals surface area contributed by atoms with Crippen LogP contribution in [0.4, 0.5) is 0 Å². The number of hydrogen-bond donors (Lipinski definition) is 2. The number of carbonyl (C=O) groups is 1. The summed E-state index contributed by atoms with van der Waals surface area (Å²) >= 11 is 0. The van der Waals surface area contributed by atoms with E-state index >= 15 is 0 Å². The summed E-state index contributed by atoms with van der Waals surface area (Å²) in [7, 11) is 1.38. The first kappa shape index (κ1) is 15.9. The maximum atomic E-state index is 11.4.